The van der Waals surface area contributed by atoms with Crippen LogP contribution >= 0.6 is 0 Å². The van der Waals surface area contributed by atoms with Crippen LogP contribution in [0.3, 0.4) is 0 Å². The van der Waals surface area contributed by atoms with Crippen LogP contribution in [0.15, 0.2) is 24.3 Å². The van der Waals surface area contributed by atoms with Crippen molar-refractivity contribution < 1.29 is 9.53 Å². The van der Waals surface area contributed by atoms with Crippen LogP contribution in [0.4, 0.5) is 0 Å². The summed E-state index contributed by atoms with van der Waals surface area (Å²) in [5.41, 5.74) is 3.97. The predicted octanol–water partition coefficient (Wildman–Crippen LogP) is 2.85. The topological polar surface area (TPSA) is 31.2 Å². The molecular formula is C16H19NO2. The molecule has 2 aromatic rings. The zero-order valence-corrected chi connectivity index (χ0v) is 11.5. The van der Waals surface area contributed by atoms with Gasteiger partial charge in [0.1, 0.15) is 0 Å². The van der Waals surface area contributed by atoms with Gasteiger partial charge in [-0.15, -0.1) is 0 Å². The van der Waals surface area contributed by atoms with E-state index in [4.69, 9.17) is 4.74 Å². The van der Waals surface area contributed by atoms with Gasteiger partial charge in [0.2, 0.25) is 0 Å². The third-order valence-corrected chi connectivity index (χ3v) is 4.14. The van der Waals surface area contributed by atoms with E-state index in [0.717, 1.165) is 19.3 Å². The molecule has 0 bridgehead atoms. The molecule has 3 heteroatoms. The number of aryl methyl sites for hydroxylation is 1. The molecule has 1 aromatic heterocycles. The maximum absolute atomic E-state index is 11.9. The van der Waals surface area contributed by atoms with Gasteiger partial charge in [-0.25, -0.2) is 0 Å². The molecular weight excluding hydrogens is 238 g/mol. The summed E-state index contributed by atoms with van der Waals surface area (Å²) in [4.78, 5) is 11.9. The molecule has 0 fully saturated rings. The first-order valence-corrected chi connectivity index (χ1v) is 6.94. The Morgan fingerprint density at radius 1 is 1.42 bits per heavy atom. The van der Waals surface area contributed by atoms with Crippen molar-refractivity contribution in [3.05, 3.63) is 35.5 Å². The fourth-order valence-electron chi connectivity index (χ4n) is 3.19. The van der Waals surface area contributed by atoms with E-state index in [9.17, 15) is 4.79 Å². The number of carbonyl (C=O) groups is 1. The maximum Gasteiger partial charge on any atom is 0.309 e. The lowest BCUT2D eigenvalue weighted by Gasteiger charge is -2.21. The van der Waals surface area contributed by atoms with E-state index >= 15 is 0 Å². The summed E-state index contributed by atoms with van der Waals surface area (Å²) in [5.74, 6) is -0.0145. The Labute approximate surface area is 113 Å². The standard InChI is InChI=1S/C16H19NO2/c1-3-19-16(18)11-8-9-15-13(10-11)12-6-4-5-7-14(12)17(15)2/h4-7,11H,3,8-10H2,1-2H3/t11-/m1/s1. The van der Waals surface area contributed by atoms with Gasteiger partial charge < -0.3 is 9.30 Å². The first kappa shape index (κ1) is 12.3. The molecule has 1 heterocycles. The summed E-state index contributed by atoms with van der Waals surface area (Å²) in [5, 5.41) is 1.29. The summed E-state index contributed by atoms with van der Waals surface area (Å²) in [6.07, 6.45) is 2.68. The number of hydrogen-bond donors (Lipinski definition) is 0. The molecule has 0 saturated heterocycles. The number of rotatable bonds is 2. The molecule has 0 unspecified atom stereocenters. The zero-order chi connectivity index (χ0) is 13.4. The SMILES string of the molecule is CCOC(=O)[C@@H]1CCc2c(c3ccccc3n2C)C1. The Morgan fingerprint density at radius 2 is 2.21 bits per heavy atom. The van der Waals surface area contributed by atoms with Crippen LogP contribution in [-0.2, 0) is 29.4 Å². The summed E-state index contributed by atoms with van der Waals surface area (Å²) in [6, 6.07) is 8.43. The van der Waals surface area contributed by atoms with Crippen molar-refractivity contribution in [3.8, 4) is 0 Å². The van der Waals surface area contributed by atoms with Crippen LogP contribution < -0.4 is 0 Å². The average Bonchev–Trinajstić information content (AvgIpc) is 2.73. The Kier molecular flexibility index (Phi) is 3.05. The molecule has 1 aromatic carbocycles. The number of hydrogen-bond acceptors (Lipinski definition) is 2. The number of nitrogens with zero attached hydrogens (tertiary/aromatic N) is 1. The van der Waals surface area contributed by atoms with E-state index in [0.29, 0.717) is 6.61 Å². The maximum atomic E-state index is 11.9. The van der Waals surface area contributed by atoms with Gasteiger partial charge in [-0.05, 0) is 37.8 Å². The van der Waals surface area contributed by atoms with Gasteiger partial charge in [0, 0.05) is 23.6 Å². The molecule has 0 saturated carbocycles. The minimum absolute atomic E-state index is 0.0262. The summed E-state index contributed by atoms with van der Waals surface area (Å²) >= 11 is 0. The van der Waals surface area contributed by atoms with Crippen LogP contribution in [0.5, 0.6) is 0 Å². The normalized spacial score (nSPS) is 18.3. The van der Waals surface area contributed by atoms with E-state index in [2.05, 4.69) is 35.9 Å². The highest BCUT2D eigenvalue weighted by molar-refractivity contribution is 5.87. The number of para-hydroxylation sites is 1. The van der Waals surface area contributed by atoms with Crippen LogP contribution in [-0.4, -0.2) is 17.1 Å². The third kappa shape index (κ3) is 1.93. The summed E-state index contributed by atoms with van der Waals surface area (Å²) in [7, 11) is 2.12. The van der Waals surface area contributed by atoms with Crippen molar-refractivity contribution in [3.63, 3.8) is 0 Å². The van der Waals surface area contributed by atoms with Crippen LogP contribution in [0.1, 0.15) is 24.6 Å². The van der Waals surface area contributed by atoms with Gasteiger partial charge in [-0.1, -0.05) is 18.2 Å². The van der Waals surface area contributed by atoms with Crippen molar-refractivity contribution in [1.82, 2.24) is 4.57 Å². The number of benzene rings is 1. The number of ether oxygens (including phenoxy) is 1. The van der Waals surface area contributed by atoms with Gasteiger partial charge in [0.25, 0.3) is 0 Å². The summed E-state index contributed by atoms with van der Waals surface area (Å²) in [6.45, 7) is 2.34. The molecule has 1 aliphatic rings. The Hall–Kier alpha value is -1.77. The highest BCUT2D eigenvalue weighted by Gasteiger charge is 2.29. The second-order valence-electron chi connectivity index (χ2n) is 5.19. The molecule has 0 spiro atoms. The Morgan fingerprint density at radius 3 is 3.00 bits per heavy atom. The minimum Gasteiger partial charge on any atom is -0.466 e. The van der Waals surface area contributed by atoms with E-state index in [1.807, 2.05) is 6.92 Å². The van der Waals surface area contributed by atoms with Gasteiger partial charge in [-0.3, -0.25) is 4.79 Å². The molecule has 0 amide bonds. The lowest BCUT2D eigenvalue weighted by Crippen LogP contribution is -2.25. The van der Waals surface area contributed by atoms with E-state index in [-0.39, 0.29) is 11.9 Å². The van der Waals surface area contributed by atoms with Crippen LogP contribution in [0.25, 0.3) is 10.9 Å². The van der Waals surface area contributed by atoms with Crippen molar-refractivity contribution in [2.24, 2.45) is 13.0 Å². The fraction of sp³-hybridized carbons (Fsp3) is 0.438. The molecule has 100 valence electrons. The molecule has 0 N–H and O–H groups in total. The highest BCUT2D eigenvalue weighted by Crippen LogP contribution is 2.34. The summed E-state index contributed by atoms with van der Waals surface area (Å²) < 4.78 is 7.44. The number of fused-ring (bicyclic) bond motifs is 3. The minimum atomic E-state index is -0.0407. The quantitative estimate of drug-likeness (QED) is 0.775. The average molecular weight is 257 g/mol. The van der Waals surface area contributed by atoms with Gasteiger partial charge >= 0.3 is 5.97 Å². The smallest absolute Gasteiger partial charge is 0.309 e. The van der Waals surface area contributed by atoms with E-state index in [1.54, 1.807) is 0 Å². The van der Waals surface area contributed by atoms with Crippen molar-refractivity contribution in [1.29, 1.82) is 0 Å². The molecule has 3 nitrogen and oxygen atoms in total. The predicted molar refractivity (Wildman–Crippen MR) is 75.1 cm³/mol. The zero-order valence-electron chi connectivity index (χ0n) is 11.5. The molecule has 3 rings (SSSR count). The molecule has 0 radical (unpaired) electrons. The van der Waals surface area contributed by atoms with Crippen molar-refractivity contribution in [2.45, 2.75) is 26.2 Å². The van der Waals surface area contributed by atoms with E-state index in [1.165, 1.54) is 22.2 Å². The first-order chi connectivity index (χ1) is 9.22. The molecule has 1 atom stereocenters. The second-order valence-corrected chi connectivity index (χ2v) is 5.19. The molecule has 0 aliphatic heterocycles. The highest BCUT2D eigenvalue weighted by atomic mass is 16.5. The van der Waals surface area contributed by atoms with Crippen LogP contribution in [0, 0.1) is 5.92 Å². The number of esters is 1. The van der Waals surface area contributed by atoms with Crippen LogP contribution in [0.2, 0.25) is 0 Å². The fourth-order valence-corrected chi connectivity index (χ4v) is 3.19. The monoisotopic (exact) mass is 257 g/mol. The Bertz CT molecular complexity index is 627. The number of carbonyl (C=O) groups excluding carboxylic acids is 1. The largest absolute Gasteiger partial charge is 0.466 e. The lowest BCUT2D eigenvalue weighted by atomic mass is 9.86. The number of aromatic nitrogens is 1. The van der Waals surface area contributed by atoms with Gasteiger partial charge in [-0.2, -0.15) is 0 Å². The van der Waals surface area contributed by atoms with Gasteiger partial charge in [0.15, 0.2) is 0 Å². The first-order valence-electron chi connectivity index (χ1n) is 6.94. The lowest BCUT2D eigenvalue weighted by molar-refractivity contribution is -0.148. The van der Waals surface area contributed by atoms with Gasteiger partial charge in [0.05, 0.1) is 12.5 Å². The molecule has 1 aliphatic carbocycles. The third-order valence-electron chi connectivity index (χ3n) is 4.14. The van der Waals surface area contributed by atoms with E-state index < -0.39 is 0 Å². The Balaban J connectivity index is 2.00. The second kappa shape index (κ2) is 4.72. The van der Waals surface area contributed by atoms with Crippen molar-refractivity contribution in [2.75, 3.05) is 6.61 Å². The molecule has 19 heavy (non-hydrogen) atoms. The van der Waals surface area contributed by atoms with Crippen molar-refractivity contribution >= 4 is 16.9 Å².